The van der Waals surface area contributed by atoms with Crippen molar-refractivity contribution in [1.29, 1.82) is 15.8 Å². The number of aromatic hydroxyl groups is 1. The summed E-state index contributed by atoms with van der Waals surface area (Å²) in [6.45, 7) is 0. The fraction of sp³-hybridized carbons (Fsp3) is 0.0714. The van der Waals surface area contributed by atoms with Crippen molar-refractivity contribution in [2.24, 2.45) is 5.73 Å². The van der Waals surface area contributed by atoms with E-state index < -0.39 is 0 Å². The Morgan fingerprint density at radius 1 is 1.29 bits per heavy atom. The SMILES string of the molecule is COc1cc(C=C(C#N)C(N)=C(C#N)C#N)cc(Cl)c1O. The molecule has 0 heterocycles. The van der Waals surface area contributed by atoms with E-state index in [1.165, 1.54) is 25.3 Å². The van der Waals surface area contributed by atoms with Gasteiger partial charge in [-0.2, -0.15) is 15.8 Å². The van der Waals surface area contributed by atoms with Crippen molar-refractivity contribution in [3.63, 3.8) is 0 Å². The normalized spacial score (nSPS) is 9.95. The smallest absolute Gasteiger partial charge is 0.176 e. The number of phenols is 1. The molecule has 0 spiro atoms. The molecule has 3 N–H and O–H groups in total. The van der Waals surface area contributed by atoms with Gasteiger partial charge in [0.05, 0.1) is 23.4 Å². The van der Waals surface area contributed by atoms with Crippen LogP contribution in [0, 0.1) is 34.0 Å². The first kappa shape index (κ1) is 15.9. The Morgan fingerprint density at radius 2 is 1.90 bits per heavy atom. The number of nitriles is 3. The average Bonchev–Trinajstić information content (AvgIpc) is 2.49. The highest BCUT2D eigenvalue weighted by Gasteiger charge is 2.11. The van der Waals surface area contributed by atoms with Crippen molar-refractivity contribution in [2.75, 3.05) is 7.11 Å². The molecule has 0 aliphatic rings. The molecule has 21 heavy (non-hydrogen) atoms. The number of ether oxygens (including phenoxy) is 1. The number of phenolic OH excluding ortho intramolecular Hbond substituents is 1. The van der Waals surface area contributed by atoms with Crippen LogP contribution in [-0.2, 0) is 0 Å². The second-order valence-corrected chi connectivity index (χ2v) is 4.14. The van der Waals surface area contributed by atoms with Crippen molar-refractivity contribution in [3.05, 3.63) is 39.6 Å². The summed E-state index contributed by atoms with van der Waals surface area (Å²) in [5, 5.41) is 36.2. The van der Waals surface area contributed by atoms with Crippen LogP contribution in [0.15, 0.2) is 29.0 Å². The van der Waals surface area contributed by atoms with Crippen molar-refractivity contribution in [3.8, 4) is 29.7 Å². The Kier molecular flexibility index (Phi) is 5.20. The highest BCUT2D eigenvalue weighted by atomic mass is 35.5. The summed E-state index contributed by atoms with van der Waals surface area (Å²) in [6, 6.07) is 7.84. The van der Waals surface area contributed by atoms with E-state index in [2.05, 4.69) is 0 Å². The molecule has 6 nitrogen and oxygen atoms in total. The molecule has 0 aromatic heterocycles. The summed E-state index contributed by atoms with van der Waals surface area (Å²) in [5.41, 5.74) is 5.37. The number of methoxy groups -OCH3 is 1. The Bertz CT molecular complexity index is 745. The minimum absolute atomic E-state index is 0.0289. The third-order valence-corrected chi connectivity index (χ3v) is 2.77. The number of halogens is 1. The topological polar surface area (TPSA) is 127 Å². The maximum atomic E-state index is 9.62. The first-order valence-corrected chi connectivity index (χ1v) is 5.84. The largest absolute Gasteiger partial charge is 0.503 e. The first-order valence-electron chi connectivity index (χ1n) is 5.47. The Balaban J connectivity index is 3.46. The van der Waals surface area contributed by atoms with Crippen molar-refractivity contribution >= 4 is 17.7 Å². The molecule has 0 atom stereocenters. The summed E-state index contributed by atoms with van der Waals surface area (Å²) >= 11 is 5.83. The third-order valence-electron chi connectivity index (χ3n) is 2.49. The van der Waals surface area contributed by atoms with Gasteiger partial charge < -0.3 is 15.6 Å². The van der Waals surface area contributed by atoms with Gasteiger partial charge in [-0.25, -0.2) is 0 Å². The quantitative estimate of drug-likeness (QED) is 0.651. The van der Waals surface area contributed by atoms with Crippen molar-refractivity contribution < 1.29 is 9.84 Å². The van der Waals surface area contributed by atoms with Crippen LogP contribution in [0.1, 0.15) is 5.56 Å². The van der Waals surface area contributed by atoms with Gasteiger partial charge in [0, 0.05) is 0 Å². The molecule has 1 aromatic rings. The Hall–Kier alpha value is -3.14. The van der Waals surface area contributed by atoms with Crippen LogP contribution >= 0.6 is 11.6 Å². The maximum absolute atomic E-state index is 9.62. The molecular formula is C14H9ClN4O2. The Labute approximate surface area is 126 Å². The first-order chi connectivity index (χ1) is 9.98. The fourth-order valence-electron chi connectivity index (χ4n) is 1.45. The zero-order chi connectivity index (χ0) is 16.0. The van der Waals surface area contributed by atoms with E-state index in [-0.39, 0.29) is 33.4 Å². The van der Waals surface area contributed by atoms with Crippen molar-refractivity contribution in [1.82, 2.24) is 0 Å². The zero-order valence-corrected chi connectivity index (χ0v) is 11.6. The zero-order valence-electron chi connectivity index (χ0n) is 10.9. The van der Waals surface area contributed by atoms with Crippen LogP contribution in [0.2, 0.25) is 5.02 Å². The summed E-state index contributed by atoms with van der Waals surface area (Å²) in [5.74, 6) is -0.109. The number of rotatable bonds is 3. The van der Waals surface area contributed by atoms with Crippen LogP contribution < -0.4 is 10.5 Å². The van der Waals surface area contributed by atoms with Crippen LogP contribution in [0.3, 0.4) is 0 Å². The highest BCUT2D eigenvalue weighted by Crippen LogP contribution is 2.35. The molecule has 0 saturated carbocycles. The van der Waals surface area contributed by atoms with E-state index in [1.54, 1.807) is 18.2 Å². The molecular weight excluding hydrogens is 292 g/mol. The minimum Gasteiger partial charge on any atom is -0.503 e. The lowest BCUT2D eigenvalue weighted by molar-refractivity contribution is 0.373. The highest BCUT2D eigenvalue weighted by molar-refractivity contribution is 6.32. The molecule has 0 saturated heterocycles. The summed E-state index contributed by atoms with van der Waals surface area (Å²) in [7, 11) is 1.35. The number of allylic oxidation sites excluding steroid dienone is 2. The number of nitrogens with zero attached hydrogens (tertiary/aromatic N) is 3. The van der Waals surface area contributed by atoms with E-state index in [0.717, 1.165) is 0 Å². The van der Waals surface area contributed by atoms with Gasteiger partial charge in [0.1, 0.15) is 18.2 Å². The van der Waals surface area contributed by atoms with Gasteiger partial charge in [-0.3, -0.25) is 0 Å². The lowest BCUT2D eigenvalue weighted by Gasteiger charge is -2.07. The molecule has 1 aromatic carbocycles. The third kappa shape index (κ3) is 3.45. The number of nitrogens with two attached hydrogens (primary N) is 1. The van der Waals surface area contributed by atoms with Gasteiger partial charge in [0.15, 0.2) is 17.1 Å². The molecule has 0 bridgehead atoms. The van der Waals surface area contributed by atoms with Gasteiger partial charge in [0.25, 0.3) is 0 Å². The van der Waals surface area contributed by atoms with Crippen molar-refractivity contribution in [2.45, 2.75) is 0 Å². The lowest BCUT2D eigenvalue weighted by atomic mass is 10.1. The lowest BCUT2D eigenvalue weighted by Crippen LogP contribution is -2.03. The fourth-order valence-corrected chi connectivity index (χ4v) is 1.67. The van der Waals surface area contributed by atoms with Gasteiger partial charge in [0.2, 0.25) is 0 Å². The molecule has 0 radical (unpaired) electrons. The second-order valence-electron chi connectivity index (χ2n) is 3.74. The molecule has 0 aliphatic heterocycles. The molecule has 104 valence electrons. The van der Waals surface area contributed by atoms with Gasteiger partial charge in [-0.1, -0.05) is 11.6 Å². The van der Waals surface area contributed by atoms with Crippen LogP contribution in [0.5, 0.6) is 11.5 Å². The van der Waals surface area contributed by atoms with Crippen LogP contribution in [0.25, 0.3) is 6.08 Å². The van der Waals surface area contributed by atoms with Gasteiger partial charge in [-0.15, -0.1) is 0 Å². The molecule has 0 amide bonds. The molecule has 0 unspecified atom stereocenters. The van der Waals surface area contributed by atoms with Gasteiger partial charge >= 0.3 is 0 Å². The Morgan fingerprint density at radius 3 is 2.38 bits per heavy atom. The van der Waals surface area contributed by atoms with E-state index in [1.807, 2.05) is 0 Å². The van der Waals surface area contributed by atoms with Gasteiger partial charge in [-0.05, 0) is 23.8 Å². The standard InChI is InChI=1S/C14H9ClN4O2/c1-21-12-4-8(3-11(15)14(12)20)2-9(5-16)13(19)10(6-17)7-18/h2-4,20H,19H2,1H3. The average molecular weight is 301 g/mol. The molecule has 7 heteroatoms. The second kappa shape index (κ2) is 6.86. The monoisotopic (exact) mass is 300 g/mol. The van der Waals surface area contributed by atoms with E-state index in [9.17, 15) is 5.11 Å². The number of benzene rings is 1. The molecule has 0 aliphatic carbocycles. The molecule has 1 rings (SSSR count). The maximum Gasteiger partial charge on any atom is 0.176 e. The summed E-state index contributed by atoms with van der Waals surface area (Å²) < 4.78 is 4.94. The van der Waals surface area contributed by atoms with Crippen LogP contribution in [0.4, 0.5) is 0 Å². The predicted octanol–water partition coefficient (Wildman–Crippen LogP) is 2.22. The number of hydrogen-bond donors (Lipinski definition) is 2. The van der Waals surface area contributed by atoms with E-state index >= 15 is 0 Å². The van der Waals surface area contributed by atoms with E-state index in [4.69, 9.17) is 37.9 Å². The summed E-state index contributed by atoms with van der Waals surface area (Å²) in [4.78, 5) is 0. The summed E-state index contributed by atoms with van der Waals surface area (Å²) in [6.07, 6.45) is 1.33. The number of hydrogen-bond acceptors (Lipinski definition) is 6. The molecule has 0 fully saturated rings. The van der Waals surface area contributed by atoms with Crippen LogP contribution in [-0.4, -0.2) is 12.2 Å². The minimum atomic E-state index is -0.361. The van der Waals surface area contributed by atoms with E-state index in [0.29, 0.717) is 5.56 Å². The predicted molar refractivity (Wildman–Crippen MR) is 75.7 cm³/mol.